The van der Waals surface area contributed by atoms with Gasteiger partial charge in [0.25, 0.3) is 0 Å². The van der Waals surface area contributed by atoms with E-state index in [1.807, 2.05) is 0 Å². The second-order valence-electron chi connectivity index (χ2n) is 7.86. The summed E-state index contributed by atoms with van der Waals surface area (Å²) in [5, 5.41) is 0. The molecule has 16 heavy (non-hydrogen) atoms. The molecule has 0 nitrogen and oxygen atoms in total. The molecule has 2 unspecified atom stereocenters. The fraction of sp³-hybridized carbons (Fsp3) is 1.00. The topological polar surface area (TPSA) is 0 Å². The van der Waals surface area contributed by atoms with E-state index in [0.29, 0.717) is 10.8 Å². The lowest BCUT2D eigenvalue weighted by atomic mass is 9.63. The van der Waals surface area contributed by atoms with Crippen molar-refractivity contribution in [2.24, 2.45) is 22.7 Å². The zero-order valence-electron chi connectivity index (χ0n) is 12.4. The Morgan fingerprint density at radius 2 is 1.62 bits per heavy atom. The van der Waals surface area contributed by atoms with Gasteiger partial charge in [-0.1, -0.05) is 60.8 Å². The molecule has 0 amide bonds. The lowest BCUT2D eigenvalue weighted by molar-refractivity contribution is 0.0783. The maximum absolute atomic E-state index is 2.50. The first-order valence-electron chi connectivity index (χ1n) is 7.24. The van der Waals surface area contributed by atoms with E-state index >= 15 is 0 Å². The molecule has 0 heteroatoms. The van der Waals surface area contributed by atoms with Crippen LogP contribution in [-0.4, -0.2) is 0 Å². The molecule has 0 radical (unpaired) electrons. The maximum atomic E-state index is 2.50. The third-order valence-corrected chi connectivity index (χ3v) is 4.45. The molecular weight excluding hydrogens is 192 g/mol. The highest BCUT2D eigenvalue weighted by Gasteiger charge is 2.35. The summed E-state index contributed by atoms with van der Waals surface area (Å²) in [5.41, 5.74) is 1.01. The molecule has 0 aromatic rings. The van der Waals surface area contributed by atoms with Gasteiger partial charge in [0.1, 0.15) is 0 Å². The van der Waals surface area contributed by atoms with Crippen molar-refractivity contribution in [3.8, 4) is 0 Å². The molecule has 1 fully saturated rings. The van der Waals surface area contributed by atoms with Crippen LogP contribution in [0.2, 0.25) is 0 Å². The van der Waals surface area contributed by atoms with Gasteiger partial charge in [-0.15, -0.1) is 0 Å². The van der Waals surface area contributed by atoms with E-state index in [4.69, 9.17) is 0 Å². The Labute approximate surface area is 103 Å². The molecule has 0 heterocycles. The minimum atomic E-state index is 0.475. The number of hydrogen-bond acceptors (Lipinski definition) is 0. The van der Waals surface area contributed by atoms with Gasteiger partial charge in [-0.25, -0.2) is 0 Å². The van der Waals surface area contributed by atoms with Crippen LogP contribution >= 0.6 is 0 Å². The van der Waals surface area contributed by atoms with Crippen molar-refractivity contribution >= 4 is 0 Å². The second-order valence-corrected chi connectivity index (χ2v) is 7.86. The molecule has 0 saturated heterocycles. The van der Waals surface area contributed by atoms with Crippen molar-refractivity contribution < 1.29 is 0 Å². The Hall–Kier alpha value is 0. The first-order valence-corrected chi connectivity index (χ1v) is 7.24. The maximum Gasteiger partial charge on any atom is -0.0321 e. The van der Waals surface area contributed by atoms with Gasteiger partial charge in [-0.05, 0) is 41.9 Å². The second kappa shape index (κ2) is 5.10. The molecule has 2 atom stereocenters. The van der Waals surface area contributed by atoms with E-state index in [1.54, 1.807) is 0 Å². The van der Waals surface area contributed by atoms with Crippen LogP contribution in [0, 0.1) is 22.7 Å². The predicted octanol–water partition coefficient (Wildman–Crippen LogP) is 5.67. The predicted molar refractivity (Wildman–Crippen MR) is 73.6 cm³/mol. The van der Waals surface area contributed by atoms with Crippen LogP contribution in [0.5, 0.6) is 0 Å². The summed E-state index contributed by atoms with van der Waals surface area (Å²) in [5.74, 6) is 1.98. The third kappa shape index (κ3) is 4.11. The molecule has 0 bridgehead atoms. The van der Waals surface area contributed by atoms with Crippen molar-refractivity contribution in [1.29, 1.82) is 0 Å². The molecule has 0 spiro atoms. The summed E-state index contributed by atoms with van der Waals surface area (Å²) < 4.78 is 0. The smallest absolute Gasteiger partial charge is 0.0321 e. The average molecular weight is 224 g/mol. The molecule has 1 rings (SSSR count). The lowest BCUT2D eigenvalue weighted by Gasteiger charge is -2.43. The van der Waals surface area contributed by atoms with Crippen LogP contribution in [0.1, 0.15) is 80.1 Å². The fourth-order valence-corrected chi connectivity index (χ4v) is 3.88. The minimum Gasteiger partial charge on any atom is -0.0651 e. The van der Waals surface area contributed by atoms with E-state index in [-0.39, 0.29) is 0 Å². The quantitative estimate of drug-likeness (QED) is 0.580. The van der Waals surface area contributed by atoms with Crippen LogP contribution in [-0.2, 0) is 0 Å². The van der Waals surface area contributed by atoms with Gasteiger partial charge < -0.3 is 0 Å². The molecule has 0 aromatic heterocycles. The fourth-order valence-electron chi connectivity index (χ4n) is 3.88. The SMILES string of the molecule is CCC1CCCC(C(C)(C)CC(C)(C)C)C1. The molecule has 1 aliphatic carbocycles. The monoisotopic (exact) mass is 224 g/mol. The minimum absolute atomic E-state index is 0.475. The Kier molecular flexibility index (Phi) is 4.49. The molecule has 96 valence electrons. The molecule has 1 saturated carbocycles. The average Bonchev–Trinajstić information content (AvgIpc) is 2.14. The van der Waals surface area contributed by atoms with Crippen LogP contribution in [0.15, 0.2) is 0 Å². The highest BCUT2D eigenvalue weighted by atomic mass is 14.4. The van der Waals surface area contributed by atoms with Gasteiger partial charge in [-0.3, -0.25) is 0 Å². The highest BCUT2D eigenvalue weighted by molar-refractivity contribution is 4.86. The van der Waals surface area contributed by atoms with Gasteiger partial charge >= 0.3 is 0 Å². The zero-order valence-corrected chi connectivity index (χ0v) is 12.4. The van der Waals surface area contributed by atoms with Gasteiger partial charge in [0.2, 0.25) is 0 Å². The van der Waals surface area contributed by atoms with Gasteiger partial charge in [0, 0.05) is 0 Å². The Balaban J connectivity index is 2.60. The van der Waals surface area contributed by atoms with E-state index in [2.05, 4.69) is 41.5 Å². The van der Waals surface area contributed by atoms with Gasteiger partial charge in [-0.2, -0.15) is 0 Å². The summed E-state index contributed by atoms with van der Waals surface area (Å²) >= 11 is 0. The van der Waals surface area contributed by atoms with Crippen molar-refractivity contribution in [3.05, 3.63) is 0 Å². The van der Waals surface area contributed by atoms with Crippen molar-refractivity contribution in [2.45, 2.75) is 80.1 Å². The summed E-state index contributed by atoms with van der Waals surface area (Å²) in [6.45, 7) is 14.5. The normalized spacial score (nSPS) is 28.1. The van der Waals surface area contributed by atoms with Gasteiger partial charge in [0.05, 0.1) is 0 Å². The Bertz CT molecular complexity index is 207. The Morgan fingerprint density at radius 1 is 1.00 bits per heavy atom. The highest BCUT2D eigenvalue weighted by Crippen LogP contribution is 2.46. The first-order chi connectivity index (χ1) is 7.24. The van der Waals surface area contributed by atoms with Crippen LogP contribution < -0.4 is 0 Å². The van der Waals surface area contributed by atoms with E-state index in [1.165, 1.54) is 38.5 Å². The Morgan fingerprint density at radius 3 is 2.12 bits per heavy atom. The summed E-state index contributed by atoms with van der Waals surface area (Å²) in [4.78, 5) is 0. The van der Waals surface area contributed by atoms with Crippen molar-refractivity contribution in [1.82, 2.24) is 0 Å². The largest absolute Gasteiger partial charge is 0.0651 e. The summed E-state index contributed by atoms with van der Waals surface area (Å²) in [6, 6.07) is 0. The van der Waals surface area contributed by atoms with Crippen LogP contribution in [0.25, 0.3) is 0 Å². The lowest BCUT2D eigenvalue weighted by Crippen LogP contribution is -2.32. The molecule has 1 aliphatic rings. The van der Waals surface area contributed by atoms with Gasteiger partial charge in [0.15, 0.2) is 0 Å². The van der Waals surface area contributed by atoms with E-state index < -0.39 is 0 Å². The van der Waals surface area contributed by atoms with Crippen LogP contribution in [0.4, 0.5) is 0 Å². The number of rotatable bonds is 3. The molecule has 0 N–H and O–H groups in total. The number of hydrogen-bond donors (Lipinski definition) is 0. The van der Waals surface area contributed by atoms with E-state index in [0.717, 1.165) is 11.8 Å². The molecule has 0 aromatic carbocycles. The van der Waals surface area contributed by atoms with Crippen molar-refractivity contribution in [2.75, 3.05) is 0 Å². The first kappa shape index (κ1) is 14.1. The van der Waals surface area contributed by atoms with Crippen molar-refractivity contribution in [3.63, 3.8) is 0 Å². The standard InChI is InChI=1S/C16H32/c1-7-13-9-8-10-14(11-13)16(5,6)12-15(2,3)4/h13-14H,7-12H2,1-6H3. The third-order valence-electron chi connectivity index (χ3n) is 4.45. The van der Waals surface area contributed by atoms with E-state index in [9.17, 15) is 0 Å². The summed E-state index contributed by atoms with van der Waals surface area (Å²) in [6.07, 6.45) is 8.66. The van der Waals surface area contributed by atoms with Crippen LogP contribution in [0.3, 0.4) is 0 Å². The molecular formula is C16H32. The zero-order chi connectivity index (χ0) is 12.4. The molecule has 0 aliphatic heterocycles. The summed E-state index contributed by atoms with van der Waals surface area (Å²) in [7, 11) is 0.